The molecule has 19 heavy (non-hydrogen) atoms. The van der Waals surface area contributed by atoms with Crippen LogP contribution in [0.2, 0.25) is 5.02 Å². The number of thiocarbonyl (C=S) groups is 1. The molecule has 1 aromatic rings. The molecule has 0 radical (unpaired) electrons. The van der Waals surface area contributed by atoms with Crippen LogP contribution in [-0.4, -0.2) is 29.4 Å². The van der Waals surface area contributed by atoms with Crippen LogP contribution in [0, 0.1) is 0 Å². The van der Waals surface area contributed by atoms with Crippen molar-refractivity contribution >= 4 is 34.6 Å². The third-order valence-corrected chi connectivity index (χ3v) is 4.67. The molecule has 0 aromatic heterocycles. The summed E-state index contributed by atoms with van der Waals surface area (Å²) in [7, 11) is 0. The first-order chi connectivity index (χ1) is 9.25. The summed E-state index contributed by atoms with van der Waals surface area (Å²) in [5, 5.41) is 4.83. The highest BCUT2D eigenvalue weighted by Crippen LogP contribution is 2.29. The normalized spacial score (nSPS) is 21.7. The summed E-state index contributed by atoms with van der Waals surface area (Å²) in [6.45, 7) is 1.69. The van der Waals surface area contributed by atoms with Gasteiger partial charge in [-0.1, -0.05) is 36.6 Å². The van der Waals surface area contributed by atoms with Crippen LogP contribution >= 0.6 is 23.8 Å². The van der Waals surface area contributed by atoms with Crippen molar-refractivity contribution in [1.82, 2.24) is 10.2 Å². The molecular formula is C14H18ClN3S. The van der Waals surface area contributed by atoms with E-state index >= 15 is 0 Å². The van der Waals surface area contributed by atoms with Gasteiger partial charge < -0.3 is 10.2 Å². The lowest BCUT2D eigenvalue weighted by Gasteiger charge is -2.41. The number of benzene rings is 1. The van der Waals surface area contributed by atoms with E-state index < -0.39 is 0 Å². The van der Waals surface area contributed by atoms with Gasteiger partial charge in [0.15, 0.2) is 5.11 Å². The topological polar surface area (TPSA) is 18.5 Å². The van der Waals surface area contributed by atoms with Gasteiger partial charge in [-0.25, -0.2) is 0 Å². The van der Waals surface area contributed by atoms with Gasteiger partial charge in [-0.15, -0.1) is 0 Å². The molecule has 1 aromatic carbocycles. The van der Waals surface area contributed by atoms with Crippen molar-refractivity contribution in [2.45, 2.75) is 31.7 Å². The van der Waals surface area contributed by atoms with Crippen LogP contribution in [-0.2, 0) is 0 Å². The van der Waals surface area contributed by atoms with Crippen LogP contribution in [0.3, 0.4) is 0 Å². The Hall–Kier alpha value is -0.840. The molecule has 1 saturated heterocycles. The molecule has 5 heteroatoms. The summed E-state index contributed by atoms with van der Waals surface area (Å²) in [4.78, 5) is 4.56. The maximum Gasteiger partial charge on any atom is 0.175 e. The van der Waals surface area contributed by atoms with E-state index in [1.54, 1.807) is 0 Å². The third kappa shape index (κ3) is 2.71. The fourth-order valence-corrected chi connectivity index (χ4v) is 3.39. The van der Waals surface area contributed by atoms with Gasteiger partial charge in [0.1, 0.15) is 0 Å². The second-order valence-electron chi connectivity index (χ2n) is 5.19. The molecule has 0 amide bonds. The van der Waals surface area contributed by atoms with Crippen LogP contribution in [0.15, 0.2) is 24.3 Å². The smallest absolute Gasteiger partial charge is 0.175 e. The minimum absolute atomic E-state index is 0.681. The van der Waals surface area contributed by atoms with Crippen molar-refractivity contribution in [2.75, 3.05) is 18.2 Å². The van der Waals surface area contributed by atoms with Gasteiger partial charge in [0.05, 0.1) is 24.0 Å². The third-order valence-electron chi connectivity index (χ3n) is 3.99. The standard InChI is InChI=1S/C14H18ClN3S/c15-12-7-3-4-8-13(12)18-10-17(9-16-14(18)19)11-5-1-2-6-11/h3-4,7-8,11H,1-2,5-6,9-10H2,(H,16,19). The summed E-state index contributed by atoms with van der Waals surface area (Å²) < 4.78 is 0. The molecule has 3 rings (SSSR count). The molecule has 0 bridgehead atoms. The lowest BCUT2D eigenvalue weighted by atomic mass is 10.2. The summed E-state index contributed by atoms with van der Waals surface area (Å²) in [6.07, 6.45) is 5.28. The van der Waals surface area contributed by atoms with Crippen LogP contribution in [0.1, 0.15) is 25.7 Å². The van der Waals surface area contributed by atoms with Gasteiger partial charge >= 0.3 is 0 Å². The number of rotatable bonds is 2. The lowest BCUT2D eigenvalue weighted by Crippen LogP contribution is -2.58. The zero-order valence-corrected chi connectivity index (χ0v) is 12.4. The van der Waals surface area contributed by atoms with Gasteiger partial charge in [-0.2, -0.15) is 0 Å². The molecule has 0 spiro atoms. The van der Waals surface area contributed by atoms with Crippen LogP contribution in [0.5, 0.6) is 0 Å². The van der Waals surface area contributed by atoms with E-state index in [4.69, 9.17) is 23.8 Å². The molecule has 1 aliphatic carbocycles. The second kappa shape index (κ2) is 5.65. The Bertz CT molecular complexity index is 474. The van der Waals surface area contributed by atoms with Gasteiger partial charge in [0.25, 0.3) is 0 Å². The Morgan fingerprint density at radius 3 is 2.68 bits per heavy atom. The van der Waals surface area contributed by atoms with E-state index in [0.717, 1.165) is 29.2 Å². The molecule has 1 N–H and O–H groups in total. The first kappa shape index (κ1) is 13.2. The van der Waals surface area contributed by atoms with Crippen molar-refractivity contribution in [2.24, 2.45) is 0 Å². The van der Waals surface area contributed by atoms with Crippen molar-refractivity contribution in [3.05, 3.63) is 29.3 Å². The van der Waals surface area contributed by atoms with E-state index in [1.807, 2.05) is 24.3 Å². The predicted octanol–water partition coefficient (Wildman–Crippen LogP) is 3.19. The van der Waals surface area contributed by atoms with Gasteiger partial charge in [0, 0.05) is 6.04 Å². The second-order valence-corrected chi connectivity index (χ2v) is 5.98. The van der Waals surface area contributed by atoms with Gasteiger partial charge in [-0.05, 0) is 37.2 Å². The highest BCUT2D eigenvalue weighted by molar-refractivity contribution is 7.80. The van der Waals surface area contributed by atoms with Crippen LogP contribution in [0.4, 0.5) is 5.69 Å². The fourth-order valence-electron chi connectivity index (χ4n) is 2.93. The number of halogens is 1. The molecule has 2 fully saturated rings. The maximum absolute atomic E-state index is 6.28. The Kier molecular flexibility index (Phi) is 3.91. The zero-order chi connectivity index (χ0) is 13.2. The first-order valence-corrected chi connectivity index (χ1v) is 7.58. The zero-order valence-electron chi connectivity index (χ0n) is 10.8. The van der Waals surface area contributed by atoms with Gasteiger partial charge in [-0.3, -0.25) is 4.90 Å². The Morgan fingerprint density at radius 2 is 1.95 bits per heavy atom. The molecule has 0 unspecified atom stereocenters. The Balaban J connectivity index is 1.79. The summed E-state index contributed by atoms with van der Waals surface area (Å²) >= 11 is 11.7. The van der Waals surface area contributed by atoms with E-state index in [2.05, 4.69) is 15.1 Å². The van der Waals surface area contributed by atoms with Crippen molar-refractivity contribution in [1.29, 1.82) is 0 Å². The number of hydrogen-bond acceptors (Lipinski definition) is 2. The highest BCUT2D eigenvalue weighted by atomic mass is 35.5. The lowest BCUT2D eigenvalue weighted by molar-refractivity contribution is 0.188. The van der Waals surface area contributed by atoms with E-state index in [0.29, 0.717) is 6.04 Å². The number of nitrogens with one attached hydrogen (secondary N) is 1. The molecule has 0 atom stereocenters. The molecule has 1 heterocycles. The molecule has 102 valence electrons. The van der Waals surface area contributed by atoms with Gasteiger partial charge in [0.2, 0.25) is 0 Å². The van der Waals surface area contributed by atoms with Crippen LogP contribution < -0.4 is 10.2 Å². The number of hydrogen-bond donors (Lipinski definition) is 1. The van der Waals surface area contributed by atoms with E-state index in [-0.39, 0.29) is 0 Å². The number of nitrogens with zero attached hydrogens (tertiary/aromatic N) is 2. The molecule has 3 nitrogen and oxygen atoms in total. The first-order valence-electron chi connectivity index (χ1n) is 6.79. The molecule has 1 saturated carbocycles. The Labute approximate surface area is 124 Å². The predicted molar refractivity (Wildman–Crippen MR) is 83.5 cm³/mol. The quantitative estimate of drug-likeness (QED) is 0.844. The Morgan fingerprint density at radius 1 is 1.21 bits per heavy atom. The molecule has 2 aliphatic rings. The number of anilines is 1. The molecule has 1 aliphatic heterocycles. The monoisotopic (exact) mass is 295 g/mol. The largest absolute Gasteiger partial charge is 0.349 e. The average Bonchev–Trinajstić information content (AvgIpc) is 2.94. The summed E-state index contributed by atoms with van der Waals surface area (Å²) in [5.74, 6) is 0. The number of para-hydroxylation sites is 1. The minimum Gasteiger partial charge on any atom is -0.349 e. The van der Waals surface area contributed by atoms with Crippen molar-refractivity contribution in [3.63, 3.8) is 0 Å². The minimum atomic E-state index is 0.681. The van der Waals surface area contributed by atoms with Crippen molar-refractivity contribution < 1.29 is 0 Å². The van der Waals surface area contributed by atoms with Crippen LogP contribution in [0.25, 0.3) is 0 Å². The maximum atomic E-state index is 6.28. The average molecular weight is 296 g/mol. The van der Waals surface area contributed by atoms with E-state index in [1.165, 1.54) is 25.7 Å². The summed E-state index contributed by atoms with van der Waals surface area (Å²) in [5.41, 5.74) is 0.990. The highest BCUT2D eigenvalue weighted by Gasteiger charge is 2.29. The van der Waals surface area contributed by atoms with Crippen molar-refractivity contribution in [3.8, 4) is 0 Å². The molecular weight excluding hydrogens is 278 g/mol. The fraction of sp³-hybridized carbons (Fsp3) is 0.500. The summed E-state index contributed by atoms with van der Waals surface area (Å²) in [6, 6.07) is 8.56. The SMILES string of the molecule is S=C1NCN(C2CCCC2)CN1c1ccccc1Cl. The van der Waals surface area contributed by atoms with E-state index in [9.17, 15) is 0 Å².